The maximum Gasteiger partial charge on any atom is 0.334 e. The van der Waals surface area contributed by atoms with Crippen LogP contribution in [0.1, 0.15) is 44.7 Å². The molecule has 2 atom stereocenters. The summed E-state index contributed by atoms with van der Waals surface area (Å²) in [6.07, 6.45) is 0. The second-order valence-corrected chi connectivity index (χ2v) is 8.45. The predicted molar refractivity (Wildman–Crippen MR) is 111 cm³/mol. The molecule has 0 unspecified atom stereocenters. The highest BCUT2D eigenvalue weighted by molar-refractivity contribution is 6.09. The molecule has 0 fully saturated rings. The first-order valence-corrected chi connectivity index (χ1v) is 9.42. The van der Waals surface area contributed by atoms with Gasteiger partial charge in [-0.05, 0) is 44.9 Å². The minimum atomic E-state index is -0.958. The van der Waals surface area contributed by atoms with E-state index in [-0.39, 0.29) is 11.5 Å². The number of nitrogens with zero attached hydrogens (tertiary/aromatic N) is 1. The van der Waals surface area contributed by atoms with Gasteiger partial charge in [0.2, 0.25) is 5.91 Å². The van der Waals surface area contributed by atoms with Gasteiger partial charge in [0, 0.05) is 24.2 Å². The van der Waals surface area contributed by atoms with E-state index in [0.29, 0.717) is 0 Å². The Morgan fingerprint density at radius 1 is 1.07 bits per heavy atom. The average Bonchev–Trinajstić information content (AvgIpc) is 2.84. The van der Waals surface area contributed by atoms with E-state index in [9.17, 15) is 9.59 Å². The quantitative estimate of drug-likeness (QED) is 0.578. The Morgan fingerprint density at radius 2 is 1.64 bits per heavy atom. The number of likely N-dealkylation sites (N-methyl/N-ethyl adjacent to an activating group) is 1. The number of rotatable bonds is 4. The molecule has 0 N–H and O–H groups in total. The number of fused-ring (bicyclic) bond motifs is 1. The number of anilines is 1. The number of carbonyl (C=O) groups excluding carboxylic acids is 2. The first-order valence-electron chi connectivity index (χ1n) is 9.42. The van der Waals surface area contributed by atoms with Crippen molar-refractivity contribution in [1.29, 1.82) is 0 Å². The van der Waals surface area contributed by atoms with E-state index in [1.807, 2.05) is 82.3 Å². The van der Waals surface area contributed by atoms with Gasteiger partial charge in [0.05, 0.1) is 5.41 Å². The number of para-hydroxylation sites is 1. The fourth-order valence-corrected chi connectivity index (χ4v) is 4.05. The molecule has 1 amide bonds. The van der Waals surface area contributed by atoms with Crippen LogP contribution in [0, 0.1) is 0 Å². The summed E-state index contributed by atoms with van der Waals surface area (Å²) in [6.45, 7) is 11.4. The van der Waals surface area contributed by atoms with Crippen molar-refractivity contribution in [1.82, 2.24) is 0 Å². The van der Waals surface area contributed by atoms with Gasteiger partial charge in [0.15, 0.2) is 0 Å². The van der Waals surface area contributed by atoms with Gasteiger partial charge >= 0.3 is 5.97 Å². The predicted octanol–water partition coefficient (Wildman–Crippen LogP) is 4.60. The average molecular weight is 377 g/mol. The van der Waals surface area contributed by atoms with Gasteiger partial charge in [-0.2, -0.15) is 0 Å². The number of esters is 1. The molecule has 4 heteroatoms. The number of carbonyl (C=O) groups is 2. The van der Waals surface area contributed by atoms with Gasteiger partial charge < -0.3 is 9.64 Å². The van der Waals surface area contributed by atoms with Crippen molar-refractivity contribution in [2.75, 3.05) is 11.9 Å². The summed E-state index contributed by atoms with van der Waals surface area (Å²) in [7, 11) is 1.77. The minimum Gasteiger partial charge on any atom is -0.457 e. The van der Waals surface area contributed by atoms with Gasteiger partial charge in [-0.1, -0.05) is 55.1 Å². The Labute approximate surface area is 166 Å². The van der Waals surface area contributed by atoms with Crippen molar-refractivity contribution in [3.05, 3.63) is 77.9 Å². The van der Waals surface area contributed by atoms with Crippen LogP contribution in [-0.4, -0.2) is 24.5 Å². The standard InChI is InChI=1S/C24H27NO3/c1-16(21(26)28-23(2,3)4)20(17-12-8-7-9-13-17)24(5)18-14-10-11-15-19(18)25(6)22(24)27/h7-15,20H,1H2,2-6H3/t20-,24+/m1/s1. The molecule has 3 rings (SSSR count). The number of benzene rings is 2. The van der Waals surface area contributed by atoms with Gasteiger partial charge in [0.1, 0.15) is 5.60 Å². The van der Waals surface area contributed by atoms with Gasteiger partial charge in [-0.25, -0.2) is 4.79 Å². The largest absolute Gasteiger partial charge is 0.457 e. The molecule has 4 nitrogen and oxygen atoms in total. The molecule has 0 spiro atoms. The van der Waals surface area contributed by atoms with Crippen LogP contribution >= 0.6 is 0 Å². The molecule has 0 aliphatic carbocycles. The number of hydrogen-bond donors (Lipinski definition) is 0. The highest BCUT2D eigenvalue weighted by atomic mass is 16.6. The van der Waals surface area contributed by atoms with Gasteiger partial charge in [0.25, 0.3) is 0 Å². The molecule has 28 heavy (non-hydrogen) atoms. The monoisotopic (exact) mass is 377 g/mol. The Morgan fingerprint density at radius 3 is 2.25 bits per heavy atom. The fraction of sp³-hybridized carbons (Fsp3) is 0.333. The topological polar surface area (TPSA) is 46.6 Å². The van der Waals surface area contributed by atoms with E-state index in [4.69, 9.17) is 4.74 Å². The summed E-state index contributed by atoms with van der Waals surface area (Å²) in [6, 6.07) is 17.3. The van der Waals surface area contributed by atoms with Crippen LogP contribution in [-0.2, 0) is 19.7 Å². The first-order chi connectivity index (χ1) is 13.1. The summed E-state index contributed by atoms with van der Waals surface area (Å²) in [5.41, 5.74) is 1.28. The van der Waals surface area contributed by atoms with Crippen LogP contribution < -0.4 is 4.90 Å². The normalized spacial score (nSPS) is 19.9. The summed E-state index contributed by atoms with van der Waals surface area (Å²) in [4.78, 5) is 28.0. The van der Waals surface area contributed by atoms with Crippen LogP contribution in [0.2, 0.25) is 0 Å². The van der Waals surface area contributed by atoms with Crippen molar-refractivity contribution >= 4 is 17.6 Å². The summed E-state index contributed by atoms with van der Waals surface area (Å²) in [5, 5.41) is 0. The molecule has 1 heterocycles. The maximum atomic E-state index is 13.4. The zero-order valence-electron chi connectivity index (χ0n) is 17.2. The van der Waals surface area contributed by atoms with Crippen LogP contribution in [0.15, 0.2) is 66.7 Å². The van der Waals surface area contributed by atoms with E-state index in [1.165, 1.54) is 0 Å². The van der Waals surface area contributed by atoms with E-state index in [0.717, 1.165) is 16.8 Å². The second-order valence-electron chi connectivity index (χ2n) is 8.45. The first kappa shape index (κ1) is 19.9. The van der Waals surface area contributed by atoms with Gasteiger partial charge in [-0.15, -0.1) is 0 Å². The van der Waals surface area contributed by atoms with Crippen LogP contribution in [0.4, 0.5) is 5.69 Å². The van der Waals surface area contributed by atoms with E-state index < -0.39 is 22.9 Å². The summed E-state index contributed by atoms with van der Waals surface area (Å²) in [5.74, 6) is -1.09. The van der Waals surface area contributed by atoms with Crippen LogP contribution in [0.3, 0.4) is 0 Å². The fourth-order valence-electron chi connectivity index (χ4n) is 4.05. The SMILES string of the molecule is C=C(C(=O)OC(C)(C)C)[C@H](c1ccccc1)[C@@]1(C)C(=O)N(C)c2ccccc21. The van der Waals surface area contributed by atoms with Crippen LogP contribution in [0.25, 0.3) is 0 Å². The molecule has 2 aromatic carbocycles. The highest BCUT2D eigenvalue weighted by Gasteiger charge is 2.53. The smallest absolute Gasteiger partial charge is 0.334 e. The number of hydrogen-bond acceptors (Lipinski definition) is 3. The molecule has 1 aliphatic heterocycles. The highest BCUT2D eigenvalue weighted by Crippen LogP contribution is 2.51. The second kappa shape index (κ2) is 6.93. The number of amides is 1. The molecule has 0 aromatic heterocycles. The number of ether oxygens (including phenoxy) is 1. The molecule has 2 aromatic rings. The maximum absolute atomic E-state index is 13.4. The lowest BCUT2D eigenvalue weighted by Gasteiger charge is -2.35. The lowest BCUT2D eigenvalue weighted by molar-refractivity contribution is -0.150. The van der Waals surface area contributed by atoms with Crippen molar-refractivity contribution in [3.63, 3.8) is 0 Å². The molecule has 146 valence electrons. The minimum absolute atomic E-state index is 0.0627. The third-order valence-corrected chi connectivity index (χ3v) is 5.29. The van der Waals surface area contributed by atoms with Crippen LogP contribution in [0.5, 0.6) is 0 Å². The zero-order chi connectivity index (χ0) is 20.7. The van der Waals surface area contributed by atoms with Crippen molar-refractivity contribution in [3.8, 4) is 0 Å². The van der Waals surface area contributed by atoms with E-state index in [1.54, 1.807) is 11.9 Å². The molecular formula is C24H27NO3. The van der Waals surface area contributed by atoms with Gasteiger partial charge in [-0.3, -0.25) is 4.79 Å². The van der Waals surface area contributed by atoms with Crippen molar-refractivity contribution in [2.45, 2.75) is 44.6 Å². The third-order valence-electron chi connectivity index (χ3n) is 5.29. The van der Waals surface area contributed by atoms with E-state index >= 15 is 0 Å². The summed E-state index contributed by atoms with van der Waals surface area (Å²) < 4.78 is 5.59. The lowest BCUT2D eigenvalue weighted by Crippen LogP contribution is -2.43. The third kappa shape index (κ3) is 3.24. The lowest BCUT2D eigenvalue weighted by atomic mass is 9.66. The van der Waals surface area contributed by atoms with Crippen molar-refractivity contribution < 1.29 is 14.3 Å². The molecule has 0 radical (unpaired) electrons. The Bertz CT molecular complexity index is 926. The molecule has 0 saturated heterocycles. The molecule has 0 saturated carbocycles. The Kier molecular flexibility index (Phi) is 4.92. The Hall–Kier alpha value is -2.88. The molecular weight excluding hydrogens is 350 g/mol. The zero-order valence-corrected chi connectivity index (χ0v) is 17.2. The summed E-state index contributed by atoms with van der Waals surface area (Å²) >= 11 is 0. The van der Waals surface area contributed by atoms with Crippen molar-refractivity contribution in [2.24, 2.45) is 0 Å². The molecule has 0 bridgehead atoms. The Balaban J connectivity index is 2.17. The van der Waals surface area contributed by atoms with E-state index in [2.05, 4.69) is 6.58 Å². The molecule has 1 aliphatic rings.